The van der Waals surface area contributed by atoms with E-state index in [0.29, 0.717) is 27.2 Å². The fourth-order valence-corrected chi connectivity index (χ4v) is 2.40. The molecule has 7 heteroatoms. The van der Waals surface area contributed by atoms with E-state index in [-0.39, 0.29) is 18.2 Å². The average molecular weight is 367 g/mol. The van der Waals surface area contributed by atoms with Crippen LogP contribution in [0.2, 0.25) is 10.0 Å². The zero-order chi connectivity index (χ0) is 17.7. The van der Waals surface area contributed by atoms with Crippen molar-refractivity contribution in [3.8, 4) is 5.75 Å². The molecule has 0 fully saturated rings. The second kappa shape index (κ2) is 8.04. The van der Waals surface area contributed by atoms with Gasteiger partial charge in [0.1, 0.15) is 5.75 Å². The Labute approximate surface area is 149 Å². The number of methoxy groups -OCH3 is 1. The number of halogens is 2. The van der Waals surface area contributed by atoms with Gasteiger partial charge in [-0.1, -0.05) is 29.3 Å². The molecule has 0 aliphatic heterocycles. The Bertz CT molecular complexity index is 778. The van der Waals surface area contributed by atoms with Crippen LogP contribution in [0.4, 0.5) is 11.4 Å². The van der Waals surface area contributed by atoms with E-state index in [2.05, 4.69) is 10.6 Å². The minimum atomic E-state index is -0.256. The molecule has 24 heavy (non-hydrogen) atoms. The molecular weight excluding hydrogens is 351 g/mol. The maximum atomic E-state index is 12.3. The molecule has 0 saturated carbocycles. The van der Waals surface area contributed by atoms with Gasteiger partial charge in [0.15, 0.2) is 0 Å². The van der Waals surface area contributed by atoms with Crippen LogP contribution in [0, 0.1) is 0 Å². The van der Waals surface area contributed by atoms with Crippen LogP contribution in [-0.2, 0) is 16.0 Å². The molecule has 2 aromatic rings. The van der Waals surface area contributed by atoms with Crippen LogP contribution >= 0.6 is 23.2 Å². The molecule has 126 valence electrons. The van der Waals surface area contributed by atoms with Gasteiger partial charge in [-0.15, -0.1) is 0 Å². The number of rotatable bonds is 5. The lowest BCUT2D eigenvalue weighted by Crippen LogP contribution is -2.17. The first-order chi connectivity index (χ1) is 11.4. The fourth-order valence-electron chi connectivity index (χ4n) is 2.08. The molecule has 2 aromatic carbocycles. The van der Waals surface area contributed by atoms with Gasteiger partial charge in [0.25, 0.3) is 0 Å². The summed E-state index contributed by atoms with van der Waals surface area (Å²) in [5.41, 5.74) is 1.67. The van der Waals surface area contributed by atoms with E-state index in [1.165, 1.54) is 14.0 Å². The Balaban J connectivity index is 2.17. The lowest BCUT2D eigenvalue weighted by atomic mass is 10.1. The third-order valence-corrected chi connectivity index (χ3v) is 3.90. The summed E-state index contributed by atoms with van der Waals surface area (Å²) >= 11 is 11.8. The molecule has 0 spiro atoms. The molecule has 2 N–H and O–H groups in total. The first-order valence-electron chi connectivity index (χ1n) is 7.08. The normalized spacial score (nSPS) is 10.2. The van der Waals surface area contributed by atoms with E-state index in [9.17, 15) is 9.59 Å². The number of nitrogens with one attached hydrogen (secondary N) is 2. The van der Waals surface area contributed by atoms with Crippen LogP contribution in [0.3, 0.4) is 0 Å². The van der Waals surface area contributed by atoms with E-state index in [1.807, 2.05) is 0 Å². The molecular formula is C17H16Cl2N2O3. The van der Waals surface area contributed by atoms with E-state index in [1.54, 1.807) is 36.4 Å². The Morgan fingerprint density at radius 1 is 1.00 bits per heavy atom. The summed E-state index contributed by atoms with van der Waals surface area (Å²) < 4.78 is 5.15. The smallest absolute Gasteiger partial charge is 0.228 e. The number of ether oxygens (including phenoxy) is 1. The van der Waals surface area contributed by atoms with E-state index in [0.717, 1.165) is 5.56 Å². The Hall–Kier alpha value is -2.24. The van der Waals surface area contributed by atoms with Gasteiger partial charge in [0.2, 0.25) is 11.8 Å². The van der Waals surface area contributed by atoms with Crippen molar-refractivity contribution in [1.29, 1.82) is 0 Å². The highest BCUT2D eigenvalue weighted by molar-refractivity contribution is 6.42. The minimum absolute atomic E-state index is 0.119. The van der Waals surface area contributed by atoms with Crippen molar-refractivity contribution in [3.05, 3.63) is 52.0 Å². The predicted molar refractivity (Wildman–Crippen MR) is 96.1 cm³/mol. The van der Waals surface area contributed by atoms with E-state index < -0.39 is 0 Å². The maximum Gasteiger partial charge on any atom is 0.228 e. The second-order valence-corrected chi connectivity index (χ2v) is 5.88. The van der Waals surface area contributed by atoms with Crippen LogP contribution in [0.25, 0.3) is 0 Å². The van der Waals surface area contributed by atoms with E-state index in [4.69, 9.17) is 27.9 Å². The zero-order valence-electron chi connectivity index (χ0n) is 13.2. The summed E-state index contributed by atoms with van der Waals surface area (Å²) in [6, 6.07) is 10.0. The number of amides is 2. The Kier molecular flexibility index (Phi) is 6.06. The molecule has 0 atom stereocenters. The third-order valence-electron chi connectivity index (χ3n) is 3.16. The highest BCUT2D eigenvalue weighted by Gasteiger charge is 2.11. The molecule has 0 aromatic heterocycles. The standard InChI is InChI=1S/C17H16Cl2N2O3/c1-10(22)20-15-6-4-12(24-2)9-16(15)21-17(23)8-11-3-5-13(18)14(19)7-11/h3-7,9H,8H2,1-2H3,(H,20,22)(H,21,23). The summed E-state index contributed by atoms with van der Waals surface area (Å²) in [4.78, 5) is 23.6. The molecule has 0 unspecified atom stereocenters. The van der Waals surface area contributed by atoms with Gasteiger partial charge in [-0.25, -0.2) is 0 Å². The first-order valence-corrected chi connectivity index (χ1v) is 7.84. The van der Waals surface area contributed by atoms with E-state index >= 15 is 0 Å². The summed E-state index contributed by atoms with van der Waals surface area (Å²) in [5.74, 6) is 0.0716. The molecule has 5 nitrogen and oxygen atoms in total. The third kappa shape index (κ3) is 4.88. The van der Waals surface area contributed by atoms with Crippen molar-refractivity contribution in [2.45, 2.75) is 13.3 Å². The first kappa shape index (κ1) is 18.1. The van der Waals surface area contributed by atoms with Gasteiger partial charge in [0.05, 0.1) is 35.0 Å². The highest BCUT2D eigenvalue weighted by atomic mass is 35.5. The summed E-state index contributed by atoms with van der Waals surface area (Å²) in [6.07, 6.45) is 0.119. The average Bonchev–Trinajstić information content (AvgIpc) is 2.52. The SMILES string of the molecule is COc1ccc(NC(C)=O)c(NC(=O)Cc2ccc(Cl)c(Cl)c2)c1. The predicted octanol–water partition coefficient (Wildman–Crippen LogP) is 4.14. The van der Waals surface area contributed by atoms with Crippen molar-refractivity contribution < 1.29 is 14.3 Å². The molecule has 2 amide bonds. The monoisotopic (exact) mass is 366 g/mol. The summed E-state index contributed by atoms with van der Waals surface area (Å²) in [7, 11) is 1.52. The molecule has 2 rings (SSSR count). The van der Waals surface area contributed by atoms with Crippen LogP contribution in [0.1, 0.15) is 12.5 Å². The maximum absolute atomic E-state index is 12.3. The second-order valence-electron chi connectivity index (χ2n) is 5.07. The number of anilines is 2. The number of hydrogen-bond donors (Lipinski definition) is 2. The highest BCUT2D eigenvalue weighted by Crippen LogP contribution is 2.28. The van der Waals surface area contributed by atoms with Gasteiger partial charge < -0.3 is 15.4 Å². The van der Waals surface area contributed by atoms with Gasteiger partial charge in [-0.05, 0) is 29.8 Å². The molecule has 0 aliphatic rings. The van der Waals surface area contributed by atoms with Crippen molar-refractivity contribution in [2.75, 3.05) is 17.7 Å². The number of carbonyl (C=O) groups excluding carboxylic acids is 2. The molecule has 0 saturated heterocycles. The van der Waals surface area contributed by atoms with Gasteiger partial charge in [-0.3, -0.25) is 9.59 Å². The minimum Gasteiger partial charge on any atom is -0.497 e. The van der Waals surface area contributed by atoms with Crippen molar-refractivity contribution in [1.82, 2.24) is 0 Å². The summed E-state index contributed by atoms with van der Waals surface area (Å²) in [6.45, 7) is 1.39. The number of hydrogen-bond acceptors (Lipinski definition) is 3. The lowest BCUT2D eigenvalue weighted by Gasteiger charge is -2.13. The van der Waals surface area contributed by atoms with Gasteiger partial charge in [0, 0.05) is 13.0 Å². The number of carbonyl (C=O) groups is 2. The Morgan fingerprint density at radius 3 is 2.38 bits per heavy atom. The quantitative estimate of drug-likeness (QED) is 0.835. The molecule has 0 bridgehead atoms. The lowest BCUT2D eigenvalue weighted by molar-refractivity contribution is -0.116. The van der Waals surface area contributed by atoms with Crippen molar-refractivity contribution in [2.24, 2.45) is 0 Å². The van der Waals surface area contributed by atoms with Crippen LogP contribution in [-0.4, -0.2) is 18.9 Å². The van der Waals surface area contributed by atoms with Crippen LogP contribution < -0.4 is 15.4 Å². The van der Waals surface area contributed by atoms with Crippen LogP contribution in [0.5, 0.6) is 5.75 Å². The molecule has 0 heterocycles. The molecule has 0 aliphatic carbocycles. The van der Waals surface area contributed by atoms with Gasteiger partial charge in [-0.2, -0.15) is 0 Å². The number of benzene rings is 2. The Morgan fingerprint density at radius 2 is 1.75 bits per heavy atom. The zero-order valence-corrected chi connectivity index (χ0v) is 14.7. The van der Waals surface area contributed by atoms with Crippen molar-refractivity contribution in [3.63, 3.8) is 0 Å². The van der Waals surface area contributed by atoms with Crippen molar-refractivity contribution >= 4 is 46.4 Å². The molecule has 0 radical (unpaired) electrons. The summed E-state index contributed by atoms with van der Waals surface area (Å²) in [5, 5.41) is 6.25. The topological polar surface area (TPSA) is 67.4 Å². The van der Waals surface area contributed by atoms with Crippen LogP contribution in [0.15, 0.2) is 36.4 Å². The fraction of sp³-hybridized carbons (Fsp3) is 0.176. The largest absolute Gasteiger partial charge is 0.497 e. The van der Waals surface area contributed by atoms with Gasteiger partial charge >= 0.3 is 0 Å².